The molecular formula is C14H13ClN6. The number of halogens is 1. The zero-order valence-corrected chi connectivity index (χ0v) is 12.3. The molecule has 21 heavy (non-hydrogen) atoms. The van der Waals surface area contributed by atoms with Crippen molar-refractivity contribution in [2.75, 3.05) is 17.7 Å². The summed E-state index contributed by atoms with van der Waals surface area (Å²) in [5, 5.41) is 6.88. The van der Waals surface area contributed by atoms with Crippen LogP contribution in [0.2, 0.25) is 5.02 Å². The molecule has 2 aromatic heterocycles. The SMILES string of the molecule is CNc1nc(Nc2ccc(Cl)cc2C)c2nccnc2n1. The molecule has 7 heteroatoms. The number of hydrogen-bond donors (Lipinski definition) is 2. The highest BCUT2D eigenvalue weighted by atomic mass is 35.5. The summed E-state index contributed by atoms with van der Waals surface area (Å²) in [5.41, 5.74) is 3.08. The summed E-state index contributed by atoms with van der Waals surface area (Å²) in [6.45, 7) is 1.97. The number of hydrogen-bond acceptors (Lipinski definition) is 6. The van der Waals surface area contributed by atoms with Gasteiger partial charge in [0.05, 0.1) is 0 Å². The van der Waals surface area contributed by atoms with Gasteiger partial charge in [0, 0.05) is 30.2 Å². The number of nitrogens with one attached hydrogen (secondary N) is 2. The van der Waals surface area contributed by atoms with Crippen LogP contribution in [0.25, 0.3) is 11.2 Å². The molecule has 0 saturated heterocycles. The Hall–Kier alpha value is -2.47. The Kier molecular flexibility index (Phi) is 3.53. The molecule has 0 saturated carbocycles. The molecule has 6 nitrogen and oxygen atoms in total. The molecule has 0 fully saturated rings. The van der Waals surface area contributed by atoms with Gasteiger partial charge in [0.25, 0.3) is 0 Å². The maximum absolute atomic E-state index is 5.98. The fourth-order valence-corrected chi connectivity index (χ4v) is 2.18. The van der Waals surface area contributed by atoms with E-state index in [-0.39, 0.29) is 0 Å². The molecule has 1 aromatic carbocycles. The van der Waals surface area contributed by atoms with Crippen LogP contribution in [0.1, 0.15) is 5.56 Å². The first-order valence-electron chi connectivity index (χ1n) is 6.37. The van der Waals surface area contributed by atoms with E-state index in [4.69, 9.17) is 11.6 Å². The van der Waals surface area contributed by atoms with Gasteiger partial charge in [0.1, 0.15) is 0 Å². The van der Waals surface area contributed by atoms with E-state index in [2.05, 4.69) is 30.6 Å². The molecule has 0 amide bonds. The number of rotatable bonds is 3. The summed E-state index contributed by atoms with van der Waals surface area (Å²) in [6.07, 6.45) is 3.22. The average Bonchev–Trinajstić information content (AvgIpc) is 2.49. The second-order valence-corrected chi connectivity index (χ2v) is 4.90. The largest absolute Gasteiger partial charge is 0.357 e. The Morgan fingerprint density at radius 1 is 1.10 bits per heavy atom. The topological polar surface area (TPSA) is 75.6 Å². The highest BCUT2D eigenvalue weighted by Crippen LogP contribution is 2.26. The van der Waals surface area contributed by atoms with E-state index in [1.807, 2.05) is 25.1 Å². The van der Waals surface area contributed by atoms with Crippen molar-refractivity contribution in [2.45, 2.75) is 6.92 Å². The Labute approximate surface area is 126 Å². The summed E-state index contributed by atoms with van der Waals surface area (Å²) in [4.78, 5) is 17.2. The van der Waals surface area contributed by atoms with Crippen LogP contribution in [0.5, 0.6) is 0 Å². The number of fused-ring (bicyclic) bond motifs is 1. The molecule has 0 spiro atoms. The minimum Gasteiger partial charge on any atom is -0.357 e. The second kappa shape index (κ2) is 5.49. The molecule has 3 aromatic rings. The standard InChI is InChI=1S/C14H13ClN6/c1-8-7-9(15)3-4-10(8)19-13-11-12(18-6-5-17-11)20-14(16-2)21-13/h3-7H,1-2H3,(H2,16,18,19,20,21). The number of aryl methyl sites for hydroxylation is 1. The molecule has 0 unspecified atom stereocenters. The number of aromatic nitrogens is 4. The maximum Gasteiger partial charge on any atom is 0.226 e. The molecule has 2 N–H and O–H groups in total. The summed E-state index contributed by atoms with van der Waals surface area (Å²) in [6, 6.07) is 5.61. The molecule has 106 valence electrons. The first-order valence-corrected chi connectivity index (χ1v) is 6.75. The molecule has 0 aliphatic carbocycles. The van der Waals surface area contributed by atoms with E-state index in [0.717, 1.165) is 11.3 Å². The fourth-order valence-electron chi connectivity index (χ4n) is 1.96. The quantitative estimate of drug-likeness (QED) is 0.774. The van der Waals surface area contributed by atoms with E-state index >= 15 is 0 Å². The van der Waals surface area contributed by atoms with Gasteiger partial charge in [-0.3, -0.25) is 0 Å². The van der Waals surface area contributed by atoms with Crippen molar-refractivity contribution in [3.8, 4) is 0 Å². The van der Waals surface area contributed by atoms with Gasteiger partial charge in [-0.1, -0.05) is 11.6 Å². The molecule has 0 atom stereocenters. The number of nitrogens with zero attached hydrogens (tertiary/aromatic N) is 4. The smallest absolute Gasteiger partial charge is 0.226 e. The molecule has 0 radical (unpaired) electrons. The van der Waals surface area contributed by atoms with E-state index in [0.29, 0.717) is 28.0 Å². The van der Waals surface area contributed by atoms with Crippen LogP contribution >= 0.6 is 11.6 Å². The molecule has 0 aliphatic rings. The van der Waals surface area contributed by atoms with Gasteiger partial charge in [-0.05, 0) is 30.7 Å². The predicted molar refractivity (Wildman–Crippen MR) is 84.1 cm³/mol. The average molecular weight is 301 g/mol. The minimum absolute atomic E-state index is 0.483. The van der Waals surface area contributed by atoms with Crippen molar-refractivity contribution < 1.29 is 0 Å². The van der Waals surface area contributed by atoms with E-state index in [1.54, 1.807) is 19.4 Å². The van der Waals surface area contributed by atoms with Crippen LogP contribution in [0.4, 0.5) is 17.5 Å². The Morgan fingerprint density at radius 3 is 2.67 bits per heavy atom. The van der Waals surface area contributed by atoms with Crippen LogP contribution in [-0.4, -0.2) is 27.0 Å². The van der Waals surface area contributed by atoms with Gasteiger partial charge in [-0.25, -0.2) is 9.97 Å². The summed E-state index contributed by atoms with van der Waals surface area (Å²) in [7, 11) is 1.76. The van der Waals surface area contributed by atoms with Crippen molar-refractivity contribution in [1.82, 2.24) is 19.9 Å². The molecular weight excluding hydrogens is 288 g/mol. The Morgan fingerprint density at radius 2 is 1.90 bits per heavy atom. The third-order valence-corrected chi connectivity index (χ3v) is 3.23. The number of anilines is 3. The van der Waals surface area contributed by atoms with E-state index < -0.39 is 0 Å². The Balaban J connectivity index is 2.10. The van der Waals surface area contributed by atoms with Crippen molar-refractivity contribution in [2.24, 2.45) is 0 Å². The van der Waals surface area contributed by atoms with Crippen molar-refractivity contribution in [3.63, 3.8) is 0 Å². The lowest BCUT2D eigenvalue weighted by Crippen LogP contribution is -2.04. The summed E-state index contributed by atoms with van der Waals surface area (Å²) < 4.78 is 0. The van der Waals surface area contributed by atoms with E-state index in [9.17, 15) is 0 Å². The van der Waals surface area contributed by atoms with Gasteiger partial charge >= 0.3 is 0 Å². The second-order valence-electron chi connectivity index (χ2n) is 4.46. The molecule has 0 bridgehead atoms. The van der Waals surface area contributed by atoms with Crippen LogP contribution in [0, 0.1) is 6.92 Å². The van der Waals surface area contributed by atoms with Crippen molar-refractivity contribution in [1.29, 1.82) is 0 Å². The van der Waals surface area contributed by atoms with Crippen molar-refractivity contribution >= 4 is 40.2 Å². The van der Waals surface area contributed by atoms with Gasteiger partial charge in [-0.15, -0.1) is 0 Å². The highest BCUT2D eigenvalue weighted by Gasteiger charge is 2.10. The minimum atomic E-state index is 0.483. The lowest BCUT2D eigenvalue weighted by Gasteiger charge is -2.11. The molecule has 2 heterocycles. The van der Waals surface area contributed by atoms with Gasteiger partial charge in [0.15, 0.2) is 17.0 Å². The van der Waals surface area contributed by atoms with Gasteiger partial charge < -0.3 is 10.6 Å². The first-order chi connectivity index (χ1) is 10.2. The molecule has 3 rings (SSSR count). The number of benzene rings is 1. The Bertz CT molecular complexity index is 805. The van der Waals surface area contributed by atoms with Crippen LogP contribution < -0.4 is 10.6 Å². The van der Waals surface area contributed by atoms with E-state index in [1.165, 1.54) is 0 Å². The van der Waals surface area contributed by atoms with Crippen LogP contribution in [-0.2, 0) is 0 Å². The van der Waals surface area contributed by atoms with Crippen LogP contribution in [0.15, 0.2) is 30.6 Å². The molecule has 0 aliphatic heterocycles. The third-order valence-electron chi connectivity index (χ3n) is 3.00. The highest BCUT2D eigenvalue weighted by molar-refractivity contribution is 6.30. The lowest BCUT2D eigenvalue weighted by molar-refractivity contribution is 1.14. The lowest BCUT2D eigenvalue weighted by atomic mass is 10.2. The summed E-state index contributed by atoms with van der Waals surface area (Å²) in [5.74, 6) is 1.08. The third kappa shape index (κ3) is 2.71. The van der Waals surface area contributed by atoms with Crippen molar-refractivity contribution in [3.05, 3.63) is 41.2 Å². The first kappa shape index (κ1) is 13.5. The predicted octanol–water partition coefficient (Wildman–Crippen LogP) is 3.17. The summed E-state index contributed by atoms with van der Waals surface area (Å²) >= 11 is 5.98. The van der Waals surface area contributed by atoms with Gasteiger partial charge in [0.2, 0.25) is 5.95 Å². The monoisotopic (exact) mass is 300 g/mol. The fraction of sp³-hybridized carbons (Fsp3) is 0.143. The van der Waals surface area contributed by atoms with Gasteiger partial charge in [-0.2, -0.15) is 9.97 Å². The normalized spacial score (nSPS) is 10.6. The maximum atomic E-state index is 5.98. The zero-order chi connectivity index (χ0) is 14.8. The zero-order valence-electron chi connectivity index (χ0n) is 11.6. The van der Waals surface area contributed by atoms with Crippen LogP contribution in [0.3, 0.4) is 0 Å².